The van der Waals surface area contributed by atoms with Crippen LogP contribution < -0.4 is 11.1 Å². The highest BCUT2D eigenvalue weighted by Gasteiger charge is 2.09. The van der Waals surface area contributed by atoms with Crippen molar-refractivity contribution in [2.24, 2.45) is 4.90 Å². The van der Waals surface area contributed by atoms with Crippen LogP contribution in [-0.2, 0) is 0 Å². The number of anilines is 3. The number of nitrogen functional groups attached to an aromatic ring is 1. The Morgan fingerprint density at radius 3 is 2.95 bits per heavy atom. The largest absolute Gasteiger partial charge is 0.383 e. The zero-order valence-corrected chi connectivity index (χ0v) is 11.0. The van der Waals surface area contributed by atoms with Crippen molar-refractivity contribution in [3.05, 3.63) is 40.7 Å². The Hall–Kier alpha value is -2.08. The van der Waals surface area contributed by atoms with Crippen molar-refractivity contribution in [3.8, 4) is 0 Å². The van der Waals surface area contributed by atoms with Crippen LogP contribution in [0.2, 0.25) is 5.02 Å². The molecular weight excluding hydrogens is 260 g/mol. The molecule has 3 N–H and O–H groups in total. The van der Waals surface area contributed by atoms with Crippen LogP contribution in [0.25, 0.3) is 0 Å². The molecular formula is C12H11BClN5. The lowest BCUT2D eigenvalue weighted by Gasteiger charge is -2.12. The minimum Gasteiger partial charge on any atom is -0.383 e. The molecule has 1 aromatic heterocycles. The normalized spacial score (nSPS) is 10.8. The van der Waals surface area contributed by atoms with Gasteiger partial charge < -0.3 is 16.0 Å². The van der Waals surface area contributed by atoms with Gasteiger partial charge in [-0.1, -0.05) is 17.7 Å². The van der Waals surface area contributed by atoms with Gasteiger partial charge in [-0.3, -0.25) is 0 Å². The Labute approximate surface area is 117 Å². The highest BCUT2D eigenvalue weighted by Crippen LogP contribution is 2.27. The number of nitrogens with two attached hydrogens (primary N) is 1. The Morgan fingerprint density at radius 1 is 1.42 bits per heavy atom. The molecule has 0 amide bonds. The van der Waals surface area contributed by atoms with Crippen LogP contribution in [0.4, 0.5) is 17.3 Å². The number of halogens is 1. The van der Waals surface area contributed by atoms with Crippen LogP contribution in [0.15, 0.2) is 29.4 Å². The maximum atomic E-state index is 6.07. The van der Waals surface area contributed by atoms with Crippen molar-refractivity contribution in [1.29, 1.82) is 0 Å². The van der Waals surface area contributed by atoms with Crippen LogP contribution in [-0.4, -0.2) is 24.2 Å². The van der Waals surface area contributed by atoms with E-state index in [9.17, 15) is 0 Å². The summed E-state index contributed by atoms with van der Waals surface area (Å²) in [5.41, 5.74) is 8.04. The lowest BCUT2D eigenvalue weighted by Crippen LogP contribution is -2.05. The van der Waals surface area contributed by atoms with Gasteiger partial charge in [-0.25, -0.2) is 9.97 Å². The molecule has 0 saturated heterocycles. The van der Waals surface area contributed by atoms with Crippen LogP contribution in [0, 0.1) is 6.92 Å². The minimum atomic E-state index is 0.298. The number of hydrogen-bond acceptors (Lipinski definition) is 5. The second kappa shape index (κ2) is 5.71. The molecule has 0 atom stereocenters. The Balaban J connectivity index is 2.44. The fourth-order valence-electron chi connectivity index (χ4n) is 1.58. The standard InChI is InChI=1S/C12H11BClN5/c1-7-9(14)3-2-4-10(7)19-12-8(5-18-13)11(15)16-6-17-12/h2-6H,1H3,(H3,15,16,17,19). The van der Waals surface area contributed by atoms with Crippen LogP contribution in [0.5, 0.6) is 0 Å². The van der Waals surface area contributed by atoms with E-state index in [4.69, 9.17) is 25.3 Å². The summed E-state index contributed by atoms with van der Waals surface area (Å²) < 4.78 is 0. The summed E-state index contributed by atoms with van der Waals surface area (Å²) in [7, 11) is 5.16. The Bertz CT molecular complexity index is 630. The van der Waals surface area contributed by atoms with Gasteiger partial charge in [0, 0.05) is 16.9 Å². The molecule has 0 spiro atoms. The van der Waals surface area contributed by atoms with E-state index in [2.05, 4.69) is 20.2 Å². The molecule has 2 radical (unpaired) electrons. The van der Waals surface area contributed by atoms with E-state index in [0.717, 1.165) is 11.3 Å². The molecule has 0 fully saturated rings. The summed E-state index contributed by atoms with van der Waals surface area (Å²) in [5, 5.41) is 3.81. The molecule has 2 rings (SSSR count). The topological polar surface area (TPSA) is 76.2 Å². The third kappa shape index (κ3) is 2.85. The summed E-state index contributed by atoms with van der Waals surface area (Å²) in [6.07, 6.45) is 2.77. The molecule has 1 aromatic carbocycles. The van der Waals surface area contributed by atoms with Gasteiger partial charge in [0.2, 0.25) is 0 Å². The molecule has 0 saturated carbocycles. The van der Waals surface area contributed by atoms with Gasteiger partial charge in [0.1, 0.15) is 18.0 Å². The fraction of sp³-hybridized carbons (Fsp3) is 0.0833. The molecule has 7 heteroatoms. The van der Waals surface area contributed by atoms with E-state index in [-0.39, 0.29) is 0 Å². The predicted octanol–water partition coefficient (Wildman–Crippen LogP) is 2.27. The minimum absolute atomic E-state index is 0.298. The summed E-state index contributed by atoms with van der Waals surface area (Å²) in [4.78, 5) is 11.5. The molecule has 19 heavy (non-hydrogen) atoms. The zero-order valence-electron chi connectivity index (χ0n) is 10.3. The van der Waals surface area contributed by atoms with E-state index in [1.165, 1.54) is 12.5 Å². The predicted molar refractivity (Wildman–Crippen MR) is 79.3 cm³/mol. The van der Waals surface area contributed by atoms with Gasteiger partial charge >= 0.3 is 0 Å². The number of nitrogens with one attached hydrogen (secondary N) is 1. The lowest BCUT2D eigenvalue weighted by atomic mass is 10.2. The van der Waals surface area contributed by atoms with Crippen molar-refractivity contribution < 1.29 is 0 Å². The van der Waals surface area contributed by atoms with Crippen molar-refractivity contribution in [2.45, 2.75) is 6.92 Å². The van der Waals surface area contributed by atoms with Gasteiger partial charge in [-0.15, -0.1) is 0 Å². The smallest absolute Gasteiger partial charge is 0.259 e. The summed E-state index contributed by atoms with van der Waals surface area (Å²) in [6, 6.07) is 5.56. The average Bonchev–Trinajstić information content (AvgIpc) is 2.39. The van der Waals surface area contributed by atoms with E-state index >= 15 is 0 Å². The molecule has 0 aliphatic heterocycles. The maximum Gasteiger partial charge on any atom is 0.259 e. The molecule has 2 aromatic rings. The average molecular weight is 272 g/mol. The quantitative estimate of drug-likeness (QED) is 0.663. The second-order valence-electron chi connectivity index (χ2n) is 3.84. The molecule has 1 heterocycles. The molecule has 0 aliphatic rings. The first kappa shape index (κ1) is 13.4. The molecule has 0 unspecified atom stereocenters. The second-order valence-corrected chi connectivity index (χ2v) is 4.24. The third-order valence-corrected chi connectivity index (χ3v) is 3.05. The summed E-state index contributed by atoms with van der Waals surface area (Å²) >= 11 is 6.07. The van der Waals surface area contributed by atoms with E-state index in [0.29, 0.717) is 22.2 Å². The van der Waals surface area contributed by atoms with E-state index in [1.807, 2.05) is 25.1 Å². The Kier molecular flexibility index (Phi) is 4.01. The molecule has 5 nitrogen and oxygen atoms in total. The van der Waals surface area contributed by atoms with E-state index < -0.39 is 0 Å². The number of benzene rings is 1. The van der Waals surface area contributed by atoms with Gasteiger partial charge in [-0.05, 0) is 24.6 Å². The molecule has 94 valence electrons. The Morgan fingerprint density at radius 2 is 2.21 bits per heavy atom. The first-order chi connectivity index (χ1) is 9.13. The van der Waals surface area contributed by atoms with Crippen molar-refractivity contribution in [1.82, 2.24) is 9.97 Å². The zero-order chi connectivity index (χ0) is 13.8. The number of aromatic nitrogens is 2. The SMILES string of the molecule is [B]N=Cc1c(N)ncnc1Nc1cccc(Cl)c1C. The first-order valence-corrected chi connectivity index (χ1v) is 5.87. The molecule has 0 bridgehead atoms. The van der Waals surface area contributed by atoms with E-state index in [1.54, 1.807) is 0 Å². The fourth-order valence-corrected chi connectivity index (χ4v) is 1.76. The molecule has 0 aliphatic carbocycles. The first-order valence-electron chi connectivity index (χ1n) is 5.49. The lowest BCUT2D eigenvalue weighted by molar-refractivity contribution is 1.17. The van der Waals surface area contributed by atoms with Crippen molar-refractivity contribution >= 4 is 43.1 Å². The number of hydrogen-bond donors (Lipinski definition) is 2. The van der Waals surface area contributed by atoms with Gasteiger partial charge in [0.25, 0.3) is 7.98 Å². The summed E-state index contributed by atoms with van der Waals surface area (Å²) in [6.45, 7) is 1.91. The number of rotatable bonds is 3. The number of nitrogens with zero attached hydrogens (tertiary/aromatic N) is 3. The van der Waals surface area contributed by atoms with Crippen LogP contribution >= 0.6 is 11.6 Å². The maximum absolute atomic E-state index is 6.07. The third-order valence-electron chi connectivity index (χ3n) is 2.64. The highest BCUT2D eigenvalue weighted by atomic mass is 35.5. The van der Waals surface area contributed by atoms with Crippen molar-refractivity contribution in [2.75, 3.05) is 11.1 Å². The van der Waals surface area contributed by atoms with Gasteiger partial charge in [-0.2, -0.15) is 0 Å². The van der Waals surface area contributed by atoms with Crippen LogP contribution in [0.3, 0.4) is 0 Å². The van der Waals surface area contributed by atoms with Gasteiger partial charge in [0.15, 0.2) is 0 Å². The highest BCUT2D eigenvalue weighted by molar-refractivity contribution is 6.31. The van der Waals surface area contributed by atoms with Crippen LogP contribution in [0.1, 0.15) is 11.1 Å². The van der Waals surface area contributed by atoms with Gasteiger partial charge in [0.05, 0.1) is 5.56 Å². The summed E-state index contributed by atoms with van der Waals surface area (Å²) in [5.74, 6) is 0.818. The monoisotopic (exact) mass is 271 g/mol. The van der Waals surface area contributed by atoms with Crippen molar-refractivity contribution in [3.63, 3.8) is 0 Å².